The molecule has 0 saturated heterocycles. The zero-order valence-electron chi connectivity index (χ0n) is 9.16. The maximum atomic E-state index is 12.9. The lowest BCUT2D eigenvalue weighted by Gasteiger charge is -2.09. The van der Waals surface area contributed by atoms with Crippen LogP contribution in [0.3, 0.4) is 0 Å². The van der Waals surface area contributed by atoms with Crippen LogP contribution in [0.4, 0.5) is 4.39 Å². The molecule has 0 aliphatic heterocycles. The van der Waals surface area contributed by atoms with Gasteiger partial charge in [-0.25, -0.2) is 4.39 Å². The molecular formula is C13H9Br2FO2. The number of rotatable bonds is 3. The van der Waals surface area contributed by atoms with Crippen LogP contribution in [0.25, 0.3) is 0 Å². The molecule has 2 aromatic rings. The molecule has 18 heavy (non-hydrogen) atoms. The summed E-state index contributed by atoms with van der Waals surface area (Å²) < 4.78 is 19.9. The molecule has 0 spiro atoms. The van der Waals surface area contributed by atoms with E-state index in [2.05, 4.69) is 31.9 Å². The molecule has 0 aromatic heterocycles. The standard InChI is InChI=1S/C13H9Br2FO2/c14-11-6-10(3-1-8(11)7-17)18-13-4-2-9(16)5-12(13)15/h1-6,17H,7H2. The first-order valence-electron chi connectivity index (χ1n) is 5.12. The summed E-state index contributed by atoms with van der Waals surface area (Å²) in [5.74, 6) is 0.803. The van der Waals surface area contributed by atoms with Gasteiger partial charge in [0.15, 0.2) is 0 Å². The third kappa shape index (κ3) is 3.10. The van der Waals surface area contributed by atoms with Crippen molar-refractivity contribution in [2.75, 3.05) is 0 Å². The maximum absolute atomic E-state index is 12.9. The molecule has 0 radical (unpaired) electrons. The van der Waals surface area contributed by atoms with Gasteiger partial charge in [-0.3, -0.25) is 0 Å². The fourth-order valence-electron chi connectivity index (χ4n) is 1.40. The van der Waals surface area contributed by atoms with Crippen molar-refractivity contribution in [3.63, 3.8) is 0 Å². The van der Waals surface area contributed by atoms with E-state index in [-0.39, 0.29) is 12.4 Å². The zero-order valence-corrected chi connectivity index (χ0v) is 12.3. The Morgan fingerprint density at radius 3 is 2.44 bits per heavy atom. The molecule has 0 unspecified atom stereocenters. The number of hydrogen-bond donors (Lipinski definition) is 1. The smallest absolute Gasteiger partial charge is 0.141 e. The molecule has 2 rings (SSSR count). The quantitative estimate of drug-likeness (QED) is 0.847. The second kappa shape index (κ2) is 5.82. The van der Waals surface area contributed by atoms with Crippen molar-refractivity contribution in [1.29, 1.82) is 0 Å². The molecule has 0 heterocycles. The van der Waals surface area contributed by atoms with Gasteiger partial charge in [-0.05, 0) is 51.8 Å². The first-order valence-corrected chi connectivity index (χ1v) is 6.71. The highest BCUT2D eigenvalue weighted by molar-refractivity contribution is 9.10. The fourth-order valence-corrected chi connectivity index (χ4v) is 2.32. The second-order valence-corrected chi connectivity index (χ2v) is 5.30. The van der Waals surface area contributed by atoms with Gasteiger partial charge < -0.3 is 9.84 Å². The highest BCUT2D eigenvalue weighted by Crippen LogP contribution is 2.32. The van der Waals surface area contributed by atoms with Gasteiger partial charge in [-0.1, -0.05) is 22.0 Å². The van der Waals surface area contributed by atoms with Crippen molar-refractivity contribution < 1.29 is 14.2 Å². The minimum atomic E-state index is -0.328. The van der Waals surface area contributed by atoms with Crippen LogP contribution in [-0.4, -0.2) is 5.11 Å². The van der Waals surface area contributed by atoms with Crippen LogP contribution in [0, 0.1) is 5.82 Å². The molecule has 2 aromatic carbocycles. The number of ether oxygens (including phenoxy) is 1. The Hall–Kier alpha value is -0.910. The molecule has 5 heteroatoms. The molecule has 0 bridgehead atoms. The van der Waals surface area contributed by atoms with Gasteiger partial charge in [0.25, 0.3) is 0 Å². The van der Waals surface area contributed by atoms with E-state index in [0.29, 0.717) is 16.0 Å². The number of benzene rings is 2. The van der Waals surface area contributed by atoms with Crippen molar-refractivity contribution in [1.82, 2.24) is 0 Å². The normalized spacial score (nSPS) is 10.4. The summed E-state index contributed by atoms with van der Waals surface area (Å²) in [6.07, 6.45) is 0. The van der Waals surface area contributed by atoms with Crippen molar-refractivity contribution in [3.8, 4) is 11.5 Å². The first-order chi connectivity index (χ1) is 8.60. The lowest BCUT2D eigenvalue weighted by molar-refractivity contribution is 0.281. The second-order valence-electron chi connectivity index (χ2n) is 3.59. The average Bonchev–Trinajstić information content (AvgIpc) is 2.33. The van der Waals surface area contributed by atoms with Gasteiger partial charge in [0.05, 0.1) is 11.1 Å². The number of aliphatic hydroxyl groups is 1. The third-order valence-corrected chi connectivity index (χ3v) is 3.67. The Morgan fingerprint density at radius 1 is 1.06 bits per heavy atom. The highest BCUT2D eigenvalue weighted by atomic mass is 79.9. The Labute approximate surface area is 121 Å². The van der Waals surface area contributed by atoms with E-state index in [1.807, 2.05) is 0 Å². The number of aliphatic hydroxyl groups excluding tert-OH is 1. The molecule has 0 amide bonds. The summed E-state index contributed by atoms with van der Waals surface area (Å²) in [6, 6.07) is 9.47. The summed E-state index contributed by atoms with van der Waals surface area (Å²) in [6.45, 7) is -0.0406. The van der Waals surface area contributed by atoms with Crippen LogP contribution < -0.4 is 4.74 Å². The molecule has 2 nitrogen and oxygen atoms in total. The van der Waals surface area contributed by atoms with Crippen molar-refractivity contribution in [2.45, 2.75) is 6.61 Å². The fraction of sp³-hybridized carbons (Fsp3) is 0.0769. The summed E-state index contributed by atoms with van der Waals surface area (Å²) in [4.78, 5) is 0. The Balaban J connectivity index is 2.26. The molecule has 0 atom stereocenters. The van der Waals surface area contributed by atoms with Crippen LogP contribution in [0.5, 0.6) is 11.5 Å². The Bertz CT molecular complexity index is 573. The van der Waals surface area contributed by atoms with Gasteiger partial charge in [-0.15, -0.1) is 0 Å². The first kappa shape index (κ1) is 13.5. The highest BCUT2D eigenvalue weighted by Gasteiger charge is 2.06. The lowest BCUT2D eigenvalue weighted by atomic mass is 10.2. The monoisotopic (exact) mass is 374 g/mol. The molecule has 0 saturated carbocycles. The van der Waals surface area contributed by atoms with E-state index >= 15 is 0 Å². The Morgan fingerprint density at radius 2 is 1.83 bits per heavy atom. The molecule has 94 valence electrons. The minimum absolute atomic E-state index is 0.0406. The van der Waals surface area contributed by atoms with E-state index < -0.39 is 0 Å². The maximum Gasteiger partial charge on any atom is 0.141 e. The van der Waals surface area contributed by atoms with Crippen molar-refractivity contribution in [2.24, 2.45) is 0 Å². The SMILES string of the molecule is OCc1ccc(Oc2ccc(F)cc2Br)cc1Br. The van der Waals surface area contributed by atoms with E-state index in [9.17, 15) is 4.39 Å². The van der Waals surface area contributed by atoms with Crippen LogP contribution in [-0.2, 0) is 6.61 Å². The lowest BCUT2D eigenvalue weighted by Crippen LogP contribution is -1.89. The zero-order chi connectivity index (χ0) is 13.1. The van der Waals surface area contributed by atoms with Crippen LogP contribution >= 0.6 is 31.9 Å². The molecular weight excluding hydrogens is 367 g/mol. The summed E-state index contributed by atoms with van der Waals surface area (Å²) >= 11 is 6.57. The van der Waals surface area contributed by atoms with Gasteiger partial charge in [0.2, 0.25) is 0 Å². The van der Waals surface area contributed by atoms with Crippen LogP contribution in [0.1, 0.15) is 5.56 Å². The summed E-state index contributed by atoms with van der Waals surface area (Å²) in [5, 5.41) is 9.05. The van der Waals surface area contributed by atoms with E-state index in [4.69, 9.17) is 9.84 Å². The van der Waals surface area contributed by atoms with Gasteiger partial charge >= 0.3 is 0 Å². The number of hydrogen-bond acceptors (Lipinski definition) is 2. The Kier molecular flexibility index (Phi) is 4.37. The van der Waals surface area contributed by atoms with Gasteiger partial charge in [0, 0.05) is 4.47 Å². The van der Waals surface area contributed by atoms with Gasteiger partial charge in [-0.2, -0.15) is 0 Å². The predicted octanol–water partition coefficient (Wildman–Crippen LogP) is 4.64. The number of halogens is 3. The van der Waals surface area contributed by atoms with Crippen LogP contribution in [0.2, 0.25) is 0 Å². The molecule has 1 N–H and O–H groups in total. The van der Waals surface area contributed by atoms with E-state index in [1.165, 1.54) is 12.1 Å². The van der Waals surface area contributed by atoms with E-state index in [1.54, 1.807) is 24.3 Å². The van der Waals surface area contributed by atoms with Gasteiger partial charge in [0.1, 0.15) is 17.3 Å². The van der Waals surface area contributed by atoms with Crippen LogP contribution in [0.15, 0.2) is 45.3 Å². The molecule has 0 aliphatic carbocycles. The topological polar surface area (TPSA) is 29.5 Å². The van der Waals surface area contributed by atoms with Crippen molar-refractivity contribution in [3.05, 3.63) is 56.7 Å². The predicted molar refractivity (Wildman–Crippen MR) is 74.2 cm³/mol. The summed E-state index contributed by atoms with van der Waals surface area (Å²) in [5.41, 5.74) is 0.778. The third-order valence-electron chi connectivity index (χ3n) is 2.32. The minimum Gasteiger partial charge on any atom is -0.456 e. The largest absolute Gasteiger partial charge is 0.456 e. The molecule has 0 fully saturated rings. The van der Waals surface area contributed by atoms with E-state index in [0.717, 1.165) is 10.0 Å². The summed E-state index contributed by atoms with van der Waals surface area (Å²) in [7, 11) is 0. The van der Waals surface area contributed by atoms with Crippen molar-refractivity contribution >= 4 is 31.9 Å². The molecule has 0 aliphatic rings. The average molecular weight is 376 g/mol.